The van der Waals surface area contributed by atoms with Crippen LogP contribution in [0.4, 0.5) is 5.82 Å². The number of carbonyl (C=O) groups is 1. The highest BCUT2D eigenvalue weighted by molar-refractivity contribution is 7.18. The van der Waals surface area contributed by atoms with E-state index in [2.05, 4.69) is 40.2 Å². The Balaban J connectivity index is 1.61. The van der Waals surface area contributed by atoms with E-state index in [0.717, 1.165) is 42.0 Å². The van der Waals surface area contributed by atoms with Crippen molar-refractivity contribution < 1.29 is 4.79 Å². The number of aromatic nitrogens is 2. The van der Waals surface area contributed by atoms with Crippen LogP contribution in [0.3, 0.4) is 0 Å². The molecular weight excluding hydrogens is 310 g/mol. The second-order valence-corrected chi connectivity index (χ2v) is 7.43. The maximum absolute atomic E-state index is 12.4. The van der Waals surface area contributed by atoms with E-state index in [1.807, 2.05) is 11.9 Å². The van der Waals surface area contributed by atoms with Crippen molar-refractivity contribution in [2.45, 2.75) is 25.8 Å². The lowest BCUT2D eigenvalue weighted by Gasteiger charge is -2.35. The molecule has 1 amide bonds. The number of piperidine rings is 1. The van der Waals surface area contributed by atoms with Crippen molar-refractivity contribution in [2.24, 2.45) is 0 Å². The number of likely N-dealkylation sites (N-methyl/N-ethyl adjacent to an activating group) is 1. The summed E-state index contributed by atoms with van der Waals surface area (Å²) in [6.45, 7) is 4.42. The molecule has 23 heavy (non-hydrogen) atoms. The van der Waals surface area contributed by atoms with E-state index in [1.165, 1.54) is 4.88 Å². The fourth-order valence-corrected chi connectivity index (χ4v) is 3.83. The van der Waals surface area contributed by atoms with E-state index < -0.39 is 0 Å². The van der Waals surface area contributed by atoms with Gasteiger partial charge in [0.15, 0.2) is 0 Å². The number of fused-ring (bicyclic) bond motifs is 1. The minimum atomic E-state index is 0.110. The molecule has 0 saturated carbocycles. The Morgan fingerprint density at radius 1 is 1.43 bits per heavy atom. The van der Waals surface area contributed by atoms with Crippen molar-refractivity contribution in [2.75, 3.05) is 39.0 Å². The van der Waals surface area contributed by atoms with E-state index in [1.54, 1.807) is 17.7 Å². The number of amides is 1. The molecule has 124 valence electrons. The van der Waals surface area contributed by atoms with Gasteiger partial charge in [-0.3, -0.25) is 4.79 Å². The standard InChI is InChI=1S/C16H23N5OS/c1-11-8-13-15(18-10-19-16(13)23-11)17-9-14(22)21(3)12-4-6-20(2)7-5-12/h8,10,12H,4-7,9H2,1-3H3,(H,17,18,19). The fourth-order valence-electron chi connectivity index (χ4n) is 2.99. The zero-order chi connectivity index (χ0) is 16.4. The Hall–Kier alpha value is -1.73. The molecule has 2 aromatic rings. The molecule has 1 aliphatic rings. The van der Waals surface area contributed by atoms with Gasteiger partial charge in [0.1, 0.15) is 17.0 Å². The molecule has 1 saturated heterocycles. The van der Waals surface area contributed by atoms with Gasteiger partial charge in [-0.25, -0.2) is 9.97 Å². The lowest BCUT2D eigenvalue weighted by atomic mass is 10.0. The average Bonchev–Trinajstić information content (AvgIpc) is 2.93. The number of thiophene rings is 1. The molecule has 0 aromatic carbocycles. The van der Waals surface area contributed by atoms with Gasteiger partial charge in [-0.1, -0.05) is 0 Å². The zero-order valence-corrected chi connectivity index (χ0v) is 14.7. The van der Waals surface area contributed by atoms with E-state index in [9.17, 15) is 4.79 Å². The second-order valence-electron chi connectivity index (χ2n) is 6.19. The van der Waals surface area contributed by atoms with Gasteiger partial charge < -0.3 is 15.1 Å². The average molecular weight is 333 g/mol. The molecule has 1 N–H and O–H groups in total. The topological polar surface area (TPSA) is 61.4 Å². The van der Waals surface area contributed by atoms with Gasteiger partial charge >= 0.3 is 0 Å². The highest BCUT2D eigenvalue weighted by atomic mass is 32.1. The predicted octanol–water partition coefficient (Wildman–Crippen LogP) is 1.96. The SMILES string of the molecule is Cc1cc2c(NCC(=O)N(C)C3CCN(C)CC3)ncnc2s1. The number of hydrogen-bond acceptors (Lipinski definition) is 6. The summed E-state index contributed by atoms with van der Waals surface area (Å²) in [5.41, 5.74) is 0. The van der Waals surface area contributed by atoms with Crippen LogP contribution in [-0.4, -0.2) is 65.4 Å². The molecule has 0 bridgehead atoms. The summed E-state index contributed by atoms with van der Waals surface area (Å²) < 4.78 is 0. The van der Waals surface area contributed by atoms with E-state index in [-0.39, 0.29) is 12.5 Å². The maximum atomic E-state index is 12.4. The summed E-state index contributed by atoms with van der Waals surface area (Å²) in [7, 11) is 4.03. The first-order chi connectivity index (χ1) is 11.0. The summed E-state index contributed by atoms with van der Waals surface area (Å²) >= 11 is 1.64. The monoisotopic (exact) mass is 333 g/mol. The molecule has 0 aliphatic carbocycles. The summed E-state index contributed by atoms with van der Waals surface area (Å²) in [4.78, 5) is 27.3. The van der Waals surface area contributed by atoms with Gasteiger partial charge in [-0.05, 0) is 46.0 Å². The number of anilines is 1. The van der Waals surface area contributed by atoms with Crippen LogP contribution in [0.2, 0.25) is 0 Å². The van der Waals surface area contributed by atoms with Crippen LogP contribution < -0.4 is 5.32 Å². The number of hydrogen-bond donors (Lipinski definition) is 1. The summed E-state index contributed by atoms with van der Waals surface area (Å²) in [5, 5.41) is 4.17. The minimum Gasteiger partial charge on any atom is -0.360 e. The van der Waals surface area contributed by atoms with Crippen LogP contribution in [0.15, 0.2) is 12.4 Å². The quantitative estimate of drug-likeness (QED) is 0.927. The lowest BCUT2D eigenvalue weighted by Crippen LogP contribution is -2.46. The summed E-state index contributed by atoms with van der Waals surface area (Å²) in [6.07, 6.45) is 3.63. The first-order valence-corrected chi connectivity index (χ1v) is 8.75. The highest BCUT2D eigenvalue weighted by Gasteiger charge is 2.23. The number of nitrogens with zero attached hydrogens (tertiary/aromatic N) is 4. The van der Waals surface area contributed by atoms with Gasteiger partial charge in [0, 0.05) is 18.0 Å². The summed E-state index contributed by atoms with van der Waals surface area (Å²) in [5.74, 6) is 0.850. The normalized spacial score (nSPS) is 16.7. The molecule has 0 unspecified atom stereocenters. The number of carbonyl (C=O) groups excluding carboxylic acids is 1. The fraction of sp³-hybridized carbons (Fsp3) is 0.562. The largest absolute Gasteiger partial charge is 0.360 e. The lowest BCUT2D eigenvalue weighted by molar-refractivity contribution is -0.130. The third-order valence-electron chi connectivity index (χ3n) is 4.49. The molecule has 2 aromatic heterocycles. The maximum Gasteiger partial charge on any atom is 0.241 e. The Kier molecular flexibility index (Phi) is 4.77. The molecule has 0 radical (unpaired) electrons. The van der Waals surface area contributed by atoms with Crippen molar-refractivity contribution in [3.8, 4) is 0 Å². The first-order valence-electron chi connectivity index (χ1n) is 7.94. The molecule has 3 rings (SSSR count). The van der Waals surface area contributed by atoms with Crippen molar-refractivity contribution in [1.82, 2.24) is 19.8 Å². The Morgan fingerprint density at radius 2 is 2.17 bits per heavy atom. The van der Waals surface area contributed by atoms with Gasteiger partial charge in [0.2, 0.25) is 5.91 Å². The second kappa shape index (κ2) is 6.80. The van der Waals surface area contributed by atoms with Gasteiger partial charge in [0.25, 0.3) is 0 Å². The van der Waals surface area contributed by atoms with Crippen LogP contribution in [0.25, 0.3) is 10.2 Å². The predicted molar refractivity (Wildman–Crippen MR) is 93.9 cm³/mol. The molecule has 6 nitrogen and oxygen atoms in total. The molecule has 1 aliphatic heterocycles. The smallest absolute Gasteiger partial charge is 0.241 e. The van der Waals surface area contributed by atoms with Gasteiger partial charge in [-0.2, -0.15) is 0 Å². The van der Waals surface area contributed by atoms with Crippen molar-refractivity contribution in [3.63, 3.8) is 0 Å². The Bertz CT molecular complexity index is 693. The third kappa shape index (κ3) is 3.61. The van der Waals surface area contributed by atoms with Crippen LogP contribution in [0.1, 0.15) is 17.7 Å². The number of rotatable bonds is 4. The molecule has 7 heteroatoms. The van der Waals surface area contributed by atoms with Crippen LogP contribution in [0.5, 0.6) is 0 Å². The zero-order valence-electron chi connectivity index (χ0n) is 13.9. The molecule has 0 atom stereocenters. The van der Waals surface area contributed by atoms with Gasteiger partial charge in [0.05, 0.1) is 11.9 Å². The minimum absolute atomic E-state index is 0.110. The number of aryl methyl sites for hydroxylation is 1. The van der Waals surface area contributed by atoms with Crippen molar-refractivity contribution in [3.05, 3.63) is 17.3 Å². The first kappa shape index (κ1) is 16.1. The number of nitrogens with one attached hydrogen (secondary N) is 1. The van der Waals surface area contributed by atoms with Crippen LogP contribution in [-0.2, 0) is 4.79 Å². The van der Waals surface area contributed by atoms with Crippen LogP contribution >= 0.6 is 11.3 Å². The molecule has 1 fully saturated rings. The van der Waals surface area contributed by atoms with Gasteiger partial charge in [-0.15, -0.1) is 11.3 Å². The van der Waals surface area contributed by atoms with Crippen molar-refractivity contribution in [1.29, 1.82) is 0 Å². The van der Waals surface area contributed by atoms with Crippen LogP contribution in [0, 0.1) is 6.92 Å². The Labute approximate surface area is 140 Å². The molecular formula is C16H23N5OS. The van der Waals surface area contributed by atoms with E-state index >= 15 is 0 Å². The van der Waals surface area contributed by atoms with E-state index in [0.29, 0.717) is 6.04 Å². The third-order valence-corrected chi connectivity index (χ3v) is 5.45. The van der Waals surface area contributed by atoms with E-state index in [4.69, 9.17) is 0 Å². The molecule has 0 spiro atoms. The molecule has 3 heterocycles. The van der Waals surface area contributed by atoms with Crippen molar-refractivity contribution >= 4 is 33.3 Å². The number of likely N-dealkylation sites (tertiary alicyclic amines) is 1. The summed E-state index contributed by atoms with van der Waals surface area (Å²) in [6, 6.07) is 2.40. The Morgan fingerprint density at radius 3 is 2.91 bits per heavy atom. The highest BCUT2D eigenvalue weighted by Crippen LogP contribution is 2.27.